The highest BCUT2D eigenvalue weighted by Gasteiger charge is 2.64. The Morgan fingerprint density at radius 1 is 0.850 bits per heavy atom. The first-order valence-electron chi connectivity index (χ1n) is 23.1. The standard InChI is InChI=1S/C47H78O13/c1-25(19-26(2)41(49)27(3)20-29(5)43(50)51)36-23-37(55-40-16-14-35(53-12)34(10)54-40)33(9)46(56-36)18-17-44(11,60-46)39-15-13-30(6)47(58-39)32(8)22-38(57-47)42-28(4)21-31(7)45(52,24-48)59-42/h19,25,27-40,42,48,52H,13-18,20-24H2,1-12H3,(H,50,51)/b26-19+/t25-,27+,28-,29-,30+,31+,32-,33+,34+,35-,36-,37+,38+,39+,40-,42-,44-,45-,46+,47?/m0/s1. The summed E-state index contributed by atoms with van der Waals surface area (Å²) in [6.45, 7) is 21.6. The topological polar surface area (TPSA) is 169 Å². The van der Waals surface area contributed by atoms with E-state index in [1.54, 1.807) is 21.0 Å². The number of carbonyl (C=O) groups excluding carboxylic acids is 1. The van der Waals surface area contributed by atoms with Crippen molar-refractivity contribution >= 4 is 11.8 Å². The van der Waals surface area contributed by atoms with Crippen LogP contribution in [0.2, 0.25) is 0 Å². The van der Waals surface area contributed by atoms with E-state index in [0.717, 1.165) is 25.7 Å². The number of Topliss-reactive ketones (excluding diaryl/α,β-unsaturated/α-hetero) is 1. The number of allylic oxidation sites excluding steroid dienone is 1. The molecule has 0 amide bonds. The van der Waals surface area contributed by atoms with Crippen molar-refractivity contribution in [3.8, 4) is 0 Å². The van der Waals surface area contributed by atoms with E-state index in [-0.39, 0.29) is 90.4 Å². The molecule has 1 unspecified atom stereocenters. The molecule has 0 saturated carbocycles. The van der Waals surface area contributed by atoms with Crippen molar-refractivity contribution in [2.45, 2.75) is 212 Å². The molecule has 6 heterocycles. The third kappa shape index (κ3) is 9.33. The molecule has 2 spiro atoms. The first kappa shape index (κ1) is 47.9. The molecule has 6 rings (SSSR count). The van der Waals surface area contributed by atoms with Crippen LogP contribution in [0.25, 0.3) is 0 Å². The van der Waals surface area contributed by atoms with E-state index in [2.05, 4.69) is 41.5 Å². The molecular weight excluding hydrogens is 773 g/mol. The summed E-state index contributed by atoms with van der Waals surface area (Å²) in [5, 5.41) is 30.7. The van der Waals surface area contributed by atoms with Crippen LogP contribution in [-0.2, 0) is 47.5 Å². The normalized spacial score (nSPS) is 48.0. The van der Waals surface area contributed by atoms with Crippen LogP contribution in [0.15, 0.2) is 11.6 Å². The molecule has 0 aromatic heterocycles. The summed E-state index contributed by atoms with van der Waals surface area (Å²) in [4.78, 5) is 25.0. The first-order valence-corrected chi connectivity index (χ1v) is 23.1. The Kier molecular flexibility index (Phi) is 14.8. The van der Waals surface area contributed by atoms with E-state index < -0.39 is 53.7 Å². The number of aliphatic carboxylic acids is 1. The summed E-state index contributed by atoms with van der Waals surface area (Å²) < 4.78 is 54.0. The van der Waals surface area contributed by atoms with Crippen LogP contribution < -0.4 is 0 Å². The molecule has 0 bridgehead atoms. The molecule has 0 aromatic carbocycles. The Hall–Kier alpha value is -1.52. The number of carboxylic acids is 1. The SMILES string of the molecule is CO[C@H]1CC[C@H](O[C@@H]2C[C@@H]([C@@H](C)/C=C(\C)C(=O)[C@H](C)C[C@H](C)C(=O)O)O[C@@]3(CC[C@@](C)([C@H]4CC[C@@H](C)C5(O[C@@H]([C@H]6O[C@@](O)(CO)[C@H](C)C[C@@H]6C)C[C@@H]5C)O4)O3)[C@@H]2C)O[C@@H]1C. The molecule has 6 fully saturated rings. The van der Waals surface area contributed by atoms with Crippen LogP contribution in [0.1, 0.15) is 140 Å². The van der Waals surface area contributed by atoms with Gasteiger partial charge in [-0.3, -0.25) is 9.59 Å². The first-order chi connectivity index (χ1) is 28.1. The van der Waals surface area contributed by atoms with Crippen LogP contribution in [0, 0.1) is 47.3 Å². The number of ether oxygens (including phenoxy) is 8. The zero-order chi connectivity index (χ0) is 44.1. The Morgan fingerprint density at radius 3 is 2.22 bits per heavy atom. The van der Waals surface area contributed by atoms with Crippen LogP contribution in [0.4, 0.5) is 0 Å². The number of aliphatic hydroxyl groups is 2. The third-order valence-electron chi connectivity index (χ3n) is 15.9. The van der Waals surface area contributed by atoms with Gasteiger partial charge >= 0.3 is 5.97 Å². The average molecular weight is 851 g/mol. The molecule has 6 aliphatic rings. The molecule has 0 aromatic rings. The van der Waals surface area contributed by atoms with Gasteiger partial charge in [0.25, 0.3) is 0 Å². The van der Waals surface area contributed by atoms with Gasteiger partial charge in [0.1, 0.15) is 0 Å². The molecule has 13 nitrogen and oxygen atoms in total. The van der Waals surface area contributed by atoms with Gasteiger partial charge in [-0.05, 0) is 77.2 Å². The number of hydrogen-bond acceptors (Lipinski definition) is 12. The minimum atomic E-state index is -1.61. The van der Waals surface area contributed by atoms with E-state index in [0.29, 0.717) is 37.7 Å². The van der Waals surface area contributed by atoms with Crippen molar-refractivity contribution in [2.24, 2.45) is 47.3 Å². The van der Waals surface area contributed by atoms with Gasteiger partial charge in [0.15, 0.2) is 29.4 Å². The lowest BCUT2D eigenvalue weighted by molar-refractivity contribution is -0.382. The van der Waals surface area contributed by atoms with E-state index in [4.69, 9.17) is 37.9 Å². The Bertz CT molecular complexity index is 1540. The molecular formula is C47H78O13. The van der Waals surface area contributed by atoms with E-state index in [9.17, 15) is 24.9 Å². The van der Waals surface area contributed by atoms with Crippen molar-refractivity contribution < 1.29 is 62.8 Å². The van der Waals surface area contributed by atoms with Gasteiger partial charge in [0, 0.05) is 61.9 Å². The minimum absolute atomic E-state index is 0.0101. The van der Waals surface area contributed by atoms with Crippen molar-refractivity contribution in [2.75, 3.05) is 13.7 Å². The number of rotatable bonds is 13. The van der Waals surface area contributed by atoms with Crippen molar-refractivity contribution in [1.29, 1.82) is 0 Å². The lowest BCUT2D eigenvalue weighted by Gasteiger charge is -2.52. The number of carbonyl (C=O) groups is 2. The van der Waals surface area contributed by atoms with E-state index in [1.807, 2.05) is 26.8 Å². The Morgan fingerprint density at radius 2 is 1.57 bits per heavy atom. The second-order valence-corrected chi connectivity index (χ2v) is 20.5. The van der Waals surface area contributed by atoms with Gasteiger partial charge in [0.2, 0.25) is 0 Å². The van der Waals surface area contributed by atoms with Crippen LogP contribution in [-0.4, -0.2) is 113 Å². The van der Waals surface area contributed by atoms with Crippen LogP contribution >= 0.6 is 0 Å². The largest absolute Gasteiger partial charge is 0.481 e. The van der Waals surface area contributed by atoms with Gasteiger partial charge in [-0.25, -0.2) is 0 Å². The monoisotopic (exact) mass is 851 g/mol. The second kappa shape index (κ2) is 18.5. The van der Waals surface area contributed by atoms with Gasteiger partial charge in [0.05, 0.1) is 60.9 Å². The van der Waals surface area contributed by atoms with Crippen molar-refractivity contribution in [3.05, 3.63) is 11.6 Å². The fraction of sp³-hybridized carbons (Fsp3) is 0.915. The predicted octanol–water partition coefficient (Wildman–Crippen LogP) is 7.18. The maximum absolute atomic E-state index is 13.5. The van der Waals surface area contributed by atoms with E-state index in [1.165, 1.54) is 0 Å². The smallest absolute Gasteiger partial charge is 0.306 e. The summed E-state index contributed by atoms with van der Waals surface area (Å²) >= 11 is 0. The number of hydrogen-bond donors (Lipinski definition) is 3. The third-order valence-corrected chi connectivity index (χ3v) is 15.9. The zero-order valence-electron chi connectivity index (χ0n) is 38.5. The van der Waals surface area contributed by atoms with Crippen molar-refractivity contribution in [1.82, 2.24) is 0 Å². The maximum Gasteiger partial charge on any atom is 0.306 e. The van der Waals surface area contributed by atoms with Crippen LogP contribution in [0.5, 0.6) is 0 Å². The molecule has 0 aliphatic carbocycles. The summed E-state index contributed by atoms with van der Waals surface area (Å²) in [7, 11) is 1.71. The molecule has 344 valence electrons. The molecule has 60 heavy (non-hydrogen) atoms. The lowest BCUT2D eigenvalue weighted by Crippen LogP contribution is -2.60. The van der Waals surface area contributed by atoms with Gasteiger partial charge < -0.3 is 53.2 Å². The van der Waals surface area contributed by atoms with Gasteiger partial charge in [-0.15, -0.1) is 0 Å². The predicted molar refractivity (Wildman–Crippen MR) is 222 cm³/mol. The van der Waals surface area contributed by atoms with E-state index >= 15 is 0 Å². The van der Waals surface area contributed by atoms with Gasteiger partial charge in [-0.1, -0.05) is 61.5 Å². The fourth-order valence-electron chi connectivity index (χ4n) is 11.7. The van der Waals surface area contributed by atoms with Crippen molar-refractivity contribution in [3.63, 3.8) is 0 Å². The quantitative estimate of drug-likeness (QED) is 0.160. The number of aliphatic hydroxyl groups excluding tert-OH is 1. The molecule has 0 radical (unpaired) electrons. The lowest BCUT2D eigenvalue weighted by atomic mass is 9.78. The minimum Gasteiger partial charge on any atom is -0.481 e. The van der Waals surface area contributed by atoms with Crippen LogP contribution in [0.3, 0.4) is 0 Å². The number of carboxylic acid groups (broad SMARTS) is 1. The summed E-state index contributed by atoms with van der Waals surface area (Å²) in [6, 6.07) is 0. The molecule has 6 saturated heterocycles. The number of ketones is 1. The highest BCUT2D eigenvalue weighted by atomic mass is 16.8. The summed E-state index contributed by atoms with van der Waals surface area (Å²) in [5.74, 6) is -5.73. The highest BCUT2D eigenvalue weighted by Crippen LogP contribution is 2.57. The number of methoxy groups -OCH3 is 1. The molecule has 3 N–H and O–H groups in total. The summed E-state index contributed by atoms with van der Waals surface area (Å²) in [6.07, 6.45) is 6.69. The fourth-order valence-corrected chi connectivity index (χ4v) is 11.7. The highest BCUT2D eigenvalue weighted by molar-refractivity contribution is 5.96. The average Bonchev–Trinajstić information content (AvgIpc) is 3.72. The second-order valence-electron chi connectivity index (χ2n) is 20.5. The van der Waals surface area contributed by atoms with Gasteiger partial charge in [-0.2, -0.15) is 0 Å². The summed E-state index contributed by atoms with van der Waals surface area (Å²) in [5.41, 5.74) is -0.116. The maximum atomic E-state index is 13.5. The Balaban J connectivity index is 1.22. The molecule has 20 atom stereocenters. The zero-order valence-corrected chi connectivity index (χ0v) is 38.5. The molecule has 6 aliphatic heterocycles. The Labute approximate surface area is 358 Å². The molecule has 13 heteroatoms.